The zero-order valence-corrected chi connectivity index (χ0v) is 23.5. The molecule has 0 bridgehead atoms. The van der Waals surface area contributed by atoms with E-state index in [0.717, 1.165) is 5.57 Å². The quantitative estimate of drug-likeness (QED) is 0.223. The third kappa shape index (κ3) is 11.5. The molecule has 2 N–H and O–H groups in total. The molecule has 0 aromatic heterocycles. The van der Waals surface area contributed by atoms with Crippen molar-refractivity contribution in [3.05, 3.63) is 36.0 Å². The number of hydrogen-bond acceptors (Lipinski definition) is 8. The van der Waals surface area contributed by atoms with Crippen molar-refractivity contribution < 1.29 is 38.8 Å². The van der Waals surface area contributed by atoms with Gasteiger partial charge >= 0.3 is 18.0 Å². The molecule has 0 aromatic carbocycles. The maximum Gasteiger partial charge on any atom is 0.409 e. The van der Waals surface area contributed by atoms with Gasteiger partial charge in [0.1, 0.15) is 17.8 Å². The average molecular weight is 524 g/mol. The molecule has 1 rings (SSSR count). The Balaban J connectivity index is 3.05. The van der Waals surface area contributed by atoms with Gasteiger partial charge in [-0.15, -0.1) is 0 Å². The van der Waals surface area contributed by atoms with Gasteiger partial charge in [0.2, 0.25) is 0 Å². The summed E-state index contributed by atoms with van der Waals surface area (Å²) in [4.78, 5) is 37.7. The second kappa shape index (κ2) is 14.9. The van der Waals surface area contributed by atoms with E-state index in [4.69, 9.17) is 14.2 Å². The van der Waals surface area contributed by atoms with Crippen LogP contribution in [0.3, 0.4) is 0 Å². The number of aliphatic hydroxyl groups excluding tert-OH is 1. The molecule has 0 fully saturated rings. The topological polar surface area (TPSA) is 123 Å². The summed E-state index contributed by atoms with van der Waals surface area (Å²) >= 11 is 0. The standard InChI is InChI=1S/C28H45NO8/c1-18(2)29(8)27(33)35-17-19(3)10-9-11-20(4)26-21(5)12-13-24(36-22(6)30)28(7,34)15-14-23(31)16-25(32)37-26/h9-13,18-19,21,23-24,26,31,34H,14-17H2,1-8H3/b10-9+,13-12-,20-11+/t19-,21-,23-,24-,26+,28-/m0/s1. The van der Waals surface area contributed by atoms with Crippen molar-refractivity contribution >= 4 is 18.0 Å². The van der Waals surface area contributed by atoms with Crippen LogP contribution in [0.25, 0.3) is 0 Å². The van der Waals surface area contributed by atoms with Crippen molar-refractivity contribution in [2.45, 2.75) is 97.7 Å². The molecular formula is C28H45NO8. The van der Waals surface area contributed by atoms with Crippen LogP contribution in [-0.2, 0) is 23.8 Å². The van der Waals surface area contributed by atoms with Crippen molar-refractivity contribution in [2.75, 3.05) is 13.7 Å². The minimum Gasteiger partial charge on any atom is -0.457 e. The SMILES string of the molecule is CC(=O)O[C@H]1/C=C\[C@H](C)[C@@H](/C(C)=C/C=C/[C@H](C)COC(=O)N(C)C(C)C)OC(=O)C[C@@H](O)CC[C@]1(C)O. The van der Waals surface area contributed by atoms with Gasteiger partial charge in [-0.25, -0.2) is 4.79 Å². The van der Waals surface area contributed by atoms with Crippen LogP contribution in [0, 0.1) is 11.8 Å². The zero-order valence-electron chi connectivity index (χ0n) is 23.5. The molecular weight excluding hydrogens is 478 g/mol. The largest absolute Gasteiger partial charge is 0.457 e. The number of nitrogens with zero attached hydrogens (tertiary/aromatic N) is 1. The molecule has 9 nitrogen and oxygen atoms in total. The van der Waals surface area contributed by atoms with E-state index in [-0.39, 0.29) is 49.8 Å². The number of cyclic esters (lactones) is 1. The molecule has 6 atom stereocenters. The summed E-state index contributed by atoms with van der Waals surface area (Å²) in [5.41, 5.74) is -0.661. The molecule has 0 spiro atoms. The summed E-state index contributed by atoms with van der Waals surface area (Å²) < 4.78 is 16.4. The van der Waals surface area contributed by atoms with E-state index in [2.05, 4.69) is 0 Å². The third-order valence-corrected chi connectivity index (χ3v) is 6.40. The predicted molar refractivity (Wildman–Crippen MR) is 141 cm³/mol. The highest BCUT2D eigenvalue weighted by Crippen LogP contribution is 2.27. The van der Waals surface area contributed by atoms with Crippen LogP contribution >= 0.6 is 0 Å². The van der Waals surface area contributed by atoms with Gasteiger partial charge in [0, 0.05) is 31.8 Å². The van der Waals surface area contributed by atoms with Crippen LogP contribution < -0.4 is 0 Å². The van der Waals surface area contributed by atoms with Crippen LogP contribution in [0.4, 0.5) is 4.79 Å². The van der Waals surface area contributed by atoms with Gasteiger partial charge in [-0.3, -0.25) is 9.59 Å². The molecule has 1 amide bonds. The van der Waals surface area contributed by atoms with Crippen molar-refractivity contribution in [3.8, 4) is 0 Å². The number of ether oxygens (including phenoxy) is 3. The molecule has 210 valence electrons. The lowest BCUT2D eigenvalue weighted by Gasteiger charge is -2.32. The van der Waals surface area contributed by atoms with Gasteiger partial charge in [-0.05, 0) is 52.2 Å². The Bertz CT molecular complexity index is 860. The lowest BCUT2D eigenvalue weighted by molar-refractivity contribution is -0.157. The fraction of sp³-hybridized carbons (Fsp3) is 0.679. The Morgan fingerprint density at radius 3 is 2.51 bits per heavy atom. The highest BCUT2D eigenvalue weighted by Gasteiger charge is 2.35. The van der Waals surface area contributed by atoms with Gasteiger partial charge in [-0.2, -0.15) is 0 Å². The first kappa shape index (κ1) is 32.4. The average Bonchev–Trinajstić information content (AvgIpc) is 2.80. The molecule has 0 saturated carbocycles. The van der Waals surface area contributed by atoms with E-state index in [1.165, 1.54) is 11.8 Å². The summed E-state index contributed by atoms with van der Waals surface area (Å²) in [6, 6.07) is 0.0464. The number of allylic oxidation sites excluding steroid dienone is 2. The minimum atomic E-state index is -1.42. The van der Waals surface area contributed by atoms with Gasteiger partial charge < -0.3 is 29.3 Å². The van der Waals surface area contributed by atoms with E-state index in [0.29, 0.717) is 0 Å². The van der Waals surface area contributed by atoms with E-state index >= 15 is 0 Å². The normalized spacial score (nSPS) is 29.6. The lowest BCUT2D eigenvalue weighted by Crippen LogP contribution is -2.42. The summed E-state index contributed by atoms with van der Waals surface area (Å²) in [5, 5.41) is 21.2. The Morgan fingerprint density at radius 1 is 1.27 bits per heavy atom. The number of aliphatic hydroxyl groups is 2. The second-order valence-corrected chi connectivity index (χ2v) is 10.5. The summed E-state index contributed by atoms with van der Waals surface area (Å²) in [6.45, 7) is 12.5. The van der Waals surface area contributed by atoms with E-state index in [9.17, 15) is 24.6 Å². The van der Waals surface area contributed by atoms with Crippen molar-refractivity contribution in [2.24, 2.45) is 11.8 Å². The second-order valence-electron chi connectivity index (χ2n) is 10.5. The van der Waals surface area contributed by atoms with Crippen LogP contribution in [0.1, 0.15) is 67.7 Å². The smallest absolute Gasteiger partial charge is 0.409 e. The van der Waals surface area contributed by atoms with Gasteiger partial charge in [0.05, 0.1) is 19.1 Å². The predicted octanol–water partition coefficient (Wildman–Crippen LogP) is 3.93. The van der Waals surface area contributed by atoms with Gasteiger partial charge in [0.15, 0.2) is 0 Å². The van der Waals surface area contributed by atoms with Crippen LogP contribution in [0.15, 0.2) is 36.0 Å². The van der Waals surface area contributed by atoms with E-state index < -0.39 is 35.9 Å². The Kier molecular flexibility index (Phi) is 13.1. The zero-order chi connectivity index (χ0) is 28.3. The van der Waals surface area contributed by atoms with E-state index in [1.54, 1.807) is 26.1 Å². The molecule has 0 saturated heterocycles. The van der Waals surface area contributed by atoms with Crippen molar-refractivity contribution in [3.63, 3.8) is 0 Å². The summed E-state index contributed by atoms with van der Waals surface area (Å²) in [6.07, 6.45) is 6.02. The number of carbonyl (C=O) groups is 3. The Morgan fingerprint density at radius 2 is 1.92 bits per heavy atom. The molecule has 0 radical (unpaired) electrons. The first-order chi connectivity index (χ1) is 17.1. The molecule has 9 heteroatoms. The number of hydrogen-bond donors (Lipinski definition) is 2. The number of amides is 1. The molecule has 37 heavy (non-hydrogen) atoms. The van der Waals surface area contributed by atoms with Crippen LogP contribution in [0.2, 0.25) is 0 Å². The first-order valence-electron chi connectivity index (χ1n) is 12.8. The lowest BCUT2D eigenvalue weighted by atomic mass is 9.88. The van der Waals surface area contributed by atoms with Gasteiger partial charge in [0.25, 0.3) is 0 Å². The molecule has 0 unspecified atom stereocenters. The van der Waals surface area contributed by atoms with Crippen molar-refractivity contribution in [1.82, 2.24) is 4.90 Å². The minimum absolute atomic E-state index is 0.0355. The molecule has 0 aromatic rings. The highest BCUT2D eigenvalue weighted by atomic mass is 16.6. The molecule has 1 aliphatic heterocycles. The monoisotopic (exact) mass is 523 g/mol. The Labute approximate surface area is 221 Å². The van der Waals surface area contributed by atoms with Crippen LogP contribution in [0.5, 0.6) is 0 Å². The fourth-order valence-corrected chi connectivity index (χ4v) is 3.69. The van der Waals surface area contributed by atoms with E-state index in [1.807, 2.05) is 52.8 Å². The fourth-order valence-electron chi connectivity index (χ4n) is 3.69. The summed E-state index contributed by atoms with van der Waals surface area (Å²) in [7, 11) is 1.69. The Hall–Kier alpha value is -2.65. The summed E-state index contributed by atoms with van der Waals surface area (Å²) in [5.74, 6) is -1.42. The highest BCUT2D eigenvalue weighted by molar-refractivity contribution is 5.70. The number of rotatable bonds is 7. The van der Waals surface area contributed by atoms with Crippen molar-refractivity contribution in [1.29, 1.82) is 0 Å². The number of esters is 2. The molecule has 0 aliphatic carbocycles. The van der Waals surface area contributed by atoms with Crippen LogP contribution in [-0.4, -0.2) is 76.8 Å². The first-order valence-corrected chi connectivity index (χ1v) is 12.8. The van der Waals surface area contributed by atoms with Gasteiger partial charge in [-0.1, -0.05) is 38.2 Å². The molecule has 1 aliphatic rings. The number of carbonyl (C=O) groups excluding carboxylic acids is 3. The maximum absolute atomic E-state index is 12.5. The third-order valence-electron chi connectivity index (χ3n) is 6.40. The molecule has 1 heterocycles. The maximum atomic E-state index is 12.5.